The summed E-state index contributed by atoms with van der Waals surface area (Å²) in [5.74, 6) is 0.817. The fourth-order valence-corrected chi connectivity index (χ4v) is 3.47. The lowest BCUT2D eigenvalue weighted by atomic mass is 10.2. The molecular formula is C21H25N5O2. The highest BCUT2D eigenvalue weighted by Crippen LogP contribution is 2.13. The lowest BCUT2D eigenvalue weighted by Gasteiger charge is -2.34. The average Bonchev–Trinajstić information content (AvgIpc) is 3.16. The molecule has 4 rings (SSSR count). The Morgan fingerprint density at radius 1 is 1.11 bits per heavy atom. The number of aromatic nitrogens is 2. The van der Waals surface area contributed by atoms with Crippen LogP contribution in [0, 0.1) is 0 Å². The fraction of sp³-hybridized carbons (Fsp3) is 0.333. The SMILES string of the molecule is COc1ccc(CNC(=O)N2CCN(Cc3cnc4ccccn34)CC2)cc1. The van der Waals surface area contributed by atoms with E-state index < -0.39 is 0 Å². The zero-order chi connectivity index (χ0) is 19.3. The van der Waals surface area contributed by atoms with E-state index >= 15 is 0 Å². The Balaban J connectivity index is 1.25. The molecule has 3 aromatic rings. The standard InChI is InChI=1S/C21H25N5O2/c1-28-19-7-5-17(6-8-19)14-23-21(27)25-12-10-24(11-13-25)16-18-15-22-20-4-2-3-9-26(18)20/h2-9,15H,10-14,16H2,1H3,(H,23,27). The van der Waals surface area contributed by atoms with Crippen molar-refractivity contribution in [2.24, 2.45) is 0 Å². The van der Waals surface area contributed by atoms with Gasteiger partial charge in [-0.1, -0.05) is 18.2 Å². The molecule has 1 N–H and O–H groups in total. The van der Waals surface area contributed by atoms with Gasteiger partial charge in [-0.2, -0.15) is 0 Å². The third kappa shape index (κ3) is 4.09. The molecule has 28 heavy (non-hydrogen) atoms. The van der Waals surface area contributed by atoms with E-state index in [-0.39, 0.29) is 6.03 Å². The van der Waals surface area contributed by atoms with E-state index in [1.165, 1.54) is 5.69 Å². The van der Waals surface area contributed by atoms with E-state index in [4.69, 9.17) is 4.74 Å². The molecule has 0 aliphatic carbocycles. The maximum atomic E-state index is 12.5. The number of carbonyl (C=O) groups excluding carboxylic acids is 1. The largest absolute Gasteiger partial charge is 0.497 e. The van der Waals surface area contributed by atoms with Crippen LogP contribution in [0.25, 0.3) is 5.65 Å². The number of nitrogens with one attached hydrogen (secondary N) is 1. The minimum Gasteiger partial charge on any atom is -0.497 e. The third-order valence-electron chi connectivity index (χ3n) is 5.14. The Bertz CT molecular complexity index is 929. The number of amides is 2. The van der Waals surface area contributed by atoms with Gasteiger partial charge in [-0.25, -0.2) is 9.78 Å². The summed E-state index contributed by atoms with van der Waals surface area (Å²) >= 11 is 0. The molecule has 3 heterocycles. The topological polar surface area (TPSA) is 62.1 Å². The van der Waals surface area contributed by atoms with Crippen molar-refractivity contribution in [3.8, 4) is 5.75 Å². The molecule has 1 aromatic carbocycles. The number of rotatable bonds is 5. The molecular weight excluding hydrogens is 354 g/mol. The summed E-state index contributed by atoms with van der Waals surface area (Å²) in [6.45, 7) is 4.53. The second-order valence-corrected chi connectivity index (χ2v) is 6.95. The zero-order valence-electron chi connectivity index (χ0n) is 16.0. The number of nitrogens with zero attached hydrogens (tertiary/aromatic N) is 4. The first-order chi connectivity index (χ1) is 13.7. The number of ether oxygens (including phenoxy) is 1. The van der Waals surface area contributed by atoms with Gasteiger partial charge in [0.1, 0.15) is 11.4 Å². The Morgan fingerprint density at radius 3 is 2.64 bits per heavy atom. The molecule has 0 bridgehead atoms. The van der Waals surface area contributed by atoms with E-state index in [9.17, 15) is 4.79 Å². The smallest absolute Gasteiger partial charge is 0.317 e. The molecule has 0 atom stereocenters. The van der Waals surface area contributed by atoms with Crippen molar-refractivity contribution in [1.29, 1.82) is 0 Å². The summed E-state index contributed by atoms with van der Waals surface area (Å²) in [6, 6.07) is 13.7. The summed E-state index contributed by atoms with van der Waals surface area (Å²) < 4.78 is 7.27. The molecule has 2 aromatic heterocycles. The number of urea groups is 1. The predicted octanol–water partition coefficient (Wildman–Crippen LogP) is 2.37. The van der Waals surface area contributed by atoms with Crippen molar-refractivity contribution in [2.45, 2.75) is 13.1 Å². The van der Waals surface area contributed by atoms with Gasteiger partial charge in [0.25, 0.3) is 0 Å². The highest BCUT2D eigenvalue weighted by Gasteiger charge is 2.21. The second kappa shape index (κ2) is 8.31. The predicted molar refractivity (Wildman–Crippen MR) is 107 cm³/mol. The molecule has 1 saturated heterocycles. The van der Waals surface area contributed by atoms with Crippen molar-refractivity contribution < 1.29 is 9.53 Å². The Kier molecular flexibility index (Phi) is 5.43. The first kappa shape index (κ1) is 18.3. The number of fused-ring (bicyclic) bond motifs is 1. The molecule has 7 nitrogen and oxygen atoms in total. The van der Waals surface area contributed by atoms with Gasteiger partial charge in [-0.05, 0) is 29.8 Å². The van der Waals surface area contributed by atoms with Gasteiger partial charge in [0.15, 0.2) is 0 Å². The molecule has 146 valence electrons. The highest BCUT2D eigenvalue weighted by molar-refractivity contribution is 5.74. The van der Waals surface area contributed by atoms with Crippen LogP contribution in [0.3, 0.4) is 0 Å². The normalized spacial score (nSPS) is 15.0. The highest BCUT2D eigenvalue weighted by atomic mass is 16.5. The van der Waals surface area contributed by atoms with Crippen LogP contribution in [0.15, 0.2) is 54.9 Å². The van der Waals surface area contributed by atoms with E-state index in [0.717, 1.165) is 49.7 Å². The van der Waals surface area contributed by atoms with E-state index in [1.54, 1.807) is 7.11 Å². The molecule has 2 amide bonds. The number of hydrogen-bond acceptors (Lipinski definition) is 4. The van der Waals surface area contributed by atoms with Gasteiger partial charge in [0.2, 0.25) is 0 Å². The summed E-state index contributed by atoms with van der Waals surface area (Å²) in [7, 11) is 1.64. The maximum absolute atomic E-state index is 12.5. The minimum absolute atomic E-state index is 0.00901. The summed E-state index contributed by atoms with van der Waals surface area (Å²) in [6.07, 6.45) is 3.98. The molecule has 0 unspecified atom stereocenters. The van der Waals surface area contributed by atoms with E-state index in [0.29, 0.717) is 6.54 Å². The number of hydrogen-bond donors (Lipinski definition) is 1. The van der Waals surface area contributed by atoms with Crippen molar-refractivity contribution in [3.63, 3.8) is 0 Å². The molecule has 0 saturated carbocycles. The Hall–Kier alpha value is -3.06. The minimum atomic E-state index is -0.00901. The number of carbonyl (C=O) groups is 1. The number of methoxy groups -OCH3 is 1. The van der Waals surface area contributed by atoms with Crippen LogP contribution in [0.4, 0.5) is 4.79 Å². The zero-order valence-corrected chi connectivity index (χ0v) is 16.0. The molecule has 1 aliphatic heterocycles. The summed E-state index contributed by atoms with van der Waals surface area (Å²) in [5, 5.41) is 3.00. The van der Waals surface area contributed by atoms with Crippen LogP contribution in [0.5, 0.6) is 5.75 Å². The number of pyridine rings is 1. The van der Waals surface area contributed by atoms with E-state index in [2.05, 4.69) is 19.6 Å². The van der Waals surface area contributed by atoms with E-state index in [1.807, 2.05) is 59.8 Å². The monoisotopic (exact) mass is 379 g/mol. The summed E-state index contributed by atoms with van der Waals surface area (Å²) in [4.78, 5) is 21.1. The number of imidazole rings is 1. The van der Waals surface area contributed by atoms with Crippen LogP contribution >= 0.6 is 0 Å². The van der Waals surface area contributed by atoms with Crippen LogP contribution in [-0.4, -0.2) is 58.5 Å². The lowest BCUT2D eigenvalue weighted by Crippen LogP contribution is -2.51. The Labute approximate surface area is 164 Å². The van der Waals surface area contributed by atoms with Crippen molar-refractivity contribution >= 4 is 11.7 Å². The Morgan fingerprint density at radius 2 is 1.89 bits per heavy atom. The van der Waals surface area contributed by atoms with Crippen LogP contribution in [0.1, 0.15) is 11.3 Å². The maximum Gasteiger partial charge on any atom is 0.317 e. The van der Waals surface area contributed by atoms with Gasteiger partial charge < -0.3 is 19.4 Å². The first-order valence-electron chi connectivity index (χ1n) is 9.52. The molecule has 7 heteroatoms. The number of piperazine rings is 1. The fourth-order valence-electron chi connectivity index (χ4n) is 3.47. The van der Waals surface area contributed by atoms with Crippen LogP contribution in [0.2, 0.25) is 0 Å². The van der Waals surface area contributed by atoms with Gasteiger partial charge in [-0.15, -0.1) is 0 Å². The second-order valence-electron chi connectivity index (χ2n) is 6.95. The third-order valence-corrected chi connectivity index (χ3v) is 5.14. The van der Waals surface area contributed by atoms with Crippen LogP contribution < -0.4 is 10.1 Å². The summed E-state index contributed by atoms with van der Waals surface area (Å²) in [5.41, 5.74) is 3.20. The van der Waals surface area contributed by atoms with Crippen LogP contribution in [-0.2, 0) is 13.1 Å². The first-order valence-corrected chi connectivity index (χ1v) is 9.52. The quantitative estimate of drug-likeness (QED) is 0.739. The molecule has 0 radical (unpaired) electrons. The van der Waals surface area contributed by atoms with Crippen molar-refractivity contribution in [3.05, 3.63) is 66.1 Å². The van der Waals surface area contributed by atoms with Gasteiger partial charge in [-0.3, -0.25) is 4.90 Å². The molecule has 1 aliphatic rings. The van der Waals surface area contributed by atoms with Crippen molar-refractivity contribution in [1.82, 2.24) is 24.5 Å². The molecule has 1 fully saturated rings. The van der Waals surface area contributed by atoms with Gasteiger partial charge in [0, 0.05) is 45.5 Å². The van der Waals surface area contributed by atoms with Gasteiger partial charge >= 0.3 is 6.03 Å². The number of benzene rings is 1. The average molecular weight is 379 g/mol. The van der Waals surface area contributed by atoms with Crippen molar-refractivity contribution in [2.75, 3.05) is 33.3 Å². The lowest BCUT2D eigenvalue weighted by molar-refractivity contribution is 0.134. The van der Waals surface area contributed by atoms with Gasteiger partial charge in [0.05, 0.1) is 19.0 Å². The molecule has 0 spiro atoms.